The monoisotopic (exact) mass is 476 g/mol. The van der Waals surface area contributed by atoms with E-state index in [1.807, 2.05) is 47.0 Å². The molecule has 3 aromatic heterocycles. The molecule has 0 radical (unpaired) electrons. The van der Waals surface area contributed by atoms with Crippen LogP contribution >= 0.6 is 15.9 Å². The van der Waals surface area contributed by atoms with E-state index in [0.717, 1.165) is 42.4 Å². The van der Waals surface area contributed by atoms with Gasteiger partial charge in [0, 0.05) is 23.3 Å². The summed E-state index contributed by atoms with van der Waals surface area (Å²) in [6, 6.07) is 15.7. The van der Waals surface area contributed by atoms with Gasteiger partial charge in [0.05, 0.1) is 16.4 Å². The Hall–Kier alpha value is -3.26. The van der Waals surface area contributed by atoms with Crippen molar-refractivity contribution in [2.75, 3.05) is 10.6 Å². The number of nitrogens with zero attached hydrogens (tertiary/aromatic N) is 4. The Bertz CT molecular complexity index is 1270. The molecule has 1 aromatic carbocycles. The molecule has 8 heteroatoms. The van der Waals surface area contributed by atoms with Gasteiger partial charge in [0.15, 0.2) is 0 Å². The summed E-state index contributed by atoms with van der Waals surface area (Å²) in [7, 11) is 0. The number of para-hydroxylation sites is 1. The van der Waals surface area contributed by atoms with Crippen molar-refractivity contribution < 1.29 is 0 Å². The molecule has 1 saturated carbocycles. The zero-order valence-corrected chi connectivity index (χ0v) is 18.3. The number of aromatic nitrogens is 4. The SMILES string of the molecule is O=c1c(Br)cc2cnc(Nc3ccc(Nc4ccccc4)cn3)nc2n1C1CCCC1. The number of fused-ring (bicyclic) bond motifs is 1. The Balaban J connectivity index is 1.42. The Morgan fingerprint density at radius 3 is 2.48 bits per heavy atom. The number of hydrogen-bond acceptors (Lipinski definition) is 6. The van der Waals surface area contributed by atoms with E-state index in [2.05, 4.69) is 41.5 Å². The van der Waals surface area contributed by atoms with Crippen LogP contribution in [-0.2, 0) is 0 Å². The molecule has 1 aliphatic carbocycles. The summed E-state index contributed by atoms with van der Waals surface area (Å²) < 4.78 is 2.36. The number of rotatable bonds is 5. The summed E-state index contributed by atoms with van der Waals surface area (Å²) in [5, 5.41) is 7.29. The molecule has 7 nitrogen and oxygen atoms in total. The van der Waals surface area contributed by atoms with Crippen LogP contribution in [0.15, 0.2) is 70.2 Å². The first-order chi connectivity index (χ1) is 15.2. The van der Waals surface area contributed by atoms with E-state index < -0.39 is 0 Å². The van der Waals surface area contributed by atoms with Gasteiger partial charge in [0.25, 0.3) is 5.56 Å². The lowest BCUT2D eigenvalue weighted by Crippen LogP contribution is -2.25. The van der Waals surface area contributed by atoms with Gasteiger partial charge in [-0.25, -0.2) is 9.97 Å². The van der Waals surface area contributed by atoms with Gasteiger partial charge in [0.1, 0.15) is 11.5 Å². The van der Waals surface area contributed by atoms with Crippen molar-refractivity contribution in [3.63, 3.8) is 0 Å². The van der Waals surface area contributed by atoms with Gasteiger partial charge in [-0.1, -0.05) is 31.0 Å². The second-order valence-electron chi connectivity index (χ2n) is 7.63. The van der Waals surface area contributed by atoms with Gasteiger partial charge in [0.2, 0.25) is 5.95 Å². The standard InChI is InChI=1S/C23H21BrN6O/c24-19-12-15-13-26-23(29-21(15)30(22(19)31)18-8-4-5-9-18)28-20-11-10-17(14-25-20)27-16-6-2-1-3-7-16/h1-3,6-7,10-14,18,27H,4-5,8-9H2,(H,25,26,28,29). The van der Waals surface area contributed by atoms with Crippen molar-refractivity contribution in [2.24, 2.45) is 0 Å². The quantitative estimate of drug-likeness (QED) is 0.392. The number of anilines is 4. The number of pyridine rings is 2. The average Bonchev–Trinajstić information content (AvgIpc) is 3.31. The van der Waals surface area contributed by atoms with Gasteiger partial charge in [-0.3, -0.25) is 9.36 Å². The molecule has 5 rings (SSSR count). The summed E-state index contributed by atoms with van der Waals surface area (Å²) in [6.45, 7) is 0. The average molecular weight is 477 g/mol. The molecule has 0 amide bonds. The third-order valence-electron chi connectivity index (χ3n) is 5.49. The predicted molar refractivity (Wildman–Crippen MR) is 126 cm³/mol. The van der Waals surface area contributed by atoms with Crippen LogP contribution in [0.3, 0.4) is 0 Å². The molecule has 1 aliphatic rings. The van der Waals surface area contributed by atoms with Crippen molar-refractivity contribution >= 4 is 50.1 Å². The van der Waals surface area contributed by atoms with E-state index in [4.69, 9.17) is 0 Å². The lowest BCUT2D eigenvalue weighted by atomic mass is 10.2. The Kier molecular flexibility index (Phi) is 5.38. The minimum atomic E-state index is -0.0430. The van der Waals surface area contributed by atoms with E-state index in [9.17, 15) is 4.79 Å². The van der Waals surface area contributed by atoms with Gasteiger partial charge < -0.3 is 10.6 Å². The highest BCUT2D eigenvalue weighted by Gasteiger charge is 2.22. The molecule has 4 aromatic rings. The van der Waals surface area contributed by atoms with Crippen LogP contribution < -0.4 is 16.2 Å². The smallest absolute Gasteiger partial charge is 0.266 e. The first-order valence-electron chi connectivity index (χ1n) is 10.3. The molecule has 0 atom stereocenters. The summed E-state index contributed by atoms with van der Waals surface area (Å²) in [5.74, 6) is 1.04. The minimum Gasteiger partial charge on any atom is -0.354 e. The van der Waals surface area contributed by atoms with Gasteiger partial charge in [-0.2, -0.15) is 4.98 Å². The van der Waals surface area contributed by atoms with Crippen LogP contribution in [0, 0.1) is 0 Å². The largest absolute Gasteiger partial charge is 0.354 e. The molecular formula is C23H21BrN6O. The second-order valence-corrected chi connectivity index (χ2v) is 8.48. The first kappa shape index (κ1) is 19.7. The molecule has 0 unspecified atom stereocenters. The van der Waals surface area contributed by atoms with Crippen molar-refractivity contribution in [2.45, 2.75) is 31.7 Å². The maximum Gasteiger partial charge on any atom is 0.266 e. The maximum absolute atomic E-state index is 12.8. The molecule has 156 valence electrons. The summed E-state index contributed by atoms with van der Waals surface area (Å²) in [6.07, 6.45) is 7.75. The lowest BCUT2D eigenvalue weighted by Gasteiger charge is -2.17. The van der Waals surface area contributed by atoms with Crippen molar-refractivity contribution in [1.82, 2.24) is 19.5 Å². The molecule has 2 N–H and O–H groups in total. The molecule has 0 spiro atoms. The topological polar surface area (TPSA) is 84.7 Å². The predicted octanol–water partition coefficient (Wildman–Crippen LogP) is 5.55. The maximum atomic E-state index is 12.8. The van der Waals surface area contributed by atoms with Crippen molar-refractivity contribution in [3.8, 4) is 0 Å². The van der Waals surface area contributed by atoms with Crippen LogP contribution in [-0.4, -0.2) is 19.5 Å². The number of nitrogens with one attached hydrogen (secondary N) is 2. The highest BCUT2D eigenvalue weighted by Crippen LogP contribution is 2.31. The molecule has 0 bridgehead atoms. The van der Waals surface area contributed by atoms with Gasteiger partial charge in [-0.15, -0.1) is 0 Å². The van der Waals surface area contributed by atoms with Crippen LogP contribution in [0.25, 0.3) is 11.0 Å². The summed E-state index contributed by atoms with van der Waals surface area (Å²) in [5.41, 5.74) is 2.49. The van der Waals surface area contributed by atoms with E-state index >= 15 is 0 Å². The van der Waals surface area contributed by atoms with E-state index in [1.165, 1.54) is 0 Å². The van der Waals surface area contributed by atoms with Crippen LogP contribution in [0.2, 0.25) is 0 Å². The van der Waals surface area contributed by atoms with E-state index in [1.54, 1.807) is 18.5 Å². The molecule has 3 heterocycles. The fourth-order valence-electron chi connectivity index (χ4n) is 3.99. The molecule has 0 saturated heterocycles. The van der Waals surface area contributed by atoms with Crippen LogP contribution in [0.1, 0.15) is 31.7 Å². The van der Waals surface area contributed by atoms with Gasteiger partial charge in [-0.05, 0) is 59.1 Å². The Morgan fingerprint density at radius 1 is 0.935 bits per heavy atom. The summed E-state index contributed by atoms with van der Waals surface area (Å²) in [4.78, 5) is 26.4. The first-order valence-corrected chi connectivity index (χ1v) is 11.1. The minimum absolute atomic E-state index is 0.0430. The van der Waals surface area contributed by atoms with Crippen LogP contribution in [0.4, 0.5) is 23.1 Å². The third kappa shape index (κ3) is 4.16. The van der Waals surface area contributed by atoms with Gasteiger partial charge >= 0.3 is 0 Å². The molecule has 1 fully saturated rings. The van der Waals surface area contributed by atoms with E-state index in [0.29, 0.717) is 21.9 Å². The highest BCUT2D eigenvalue weighted by atomic mass is 79.9. The van der Waals surface area contributed by atoms with Crippen molar-refractivity contribution in [3.05, 3.63) is 75.8 Å². The molecule has 31 heavy (non-hydrogen) atoms. The zero-order chi connectivity index (χ0) is 21.2. The molecular weight excluding hydrogens is 456 g/mol. The zero-order valence-electron chi connectivity index (χ0n) is 16.8. The Morgan fingerprint density at radius 2 is 1.74 bits per heavy atom. The second kappa shape index (κ2) is 8.47. The van der Waals surface area contributed by atoms with E-state index in [-0.39, 0.29) is 11.6 Å². The number of halogens is 1. The van der Waals surface area contributed by atoms with Crippen LogP contribution in [0.5, 0.6) is 0 Å². The fraction of sp³-hybridized carbons (Fsp3) is 0.217. The van der Waals surface area contributed by atoms with Crippen molar-refractivity contribution in [1.29, 1.82) is 0 Å². The fourth-order valence-corrected chi connectivity index (χ4v) is 4.43. The highest BCUT2D eigenvalue weighted by molar-refractivity contribution is 9.10. The summed E-state index contributed by atoms with van der Waals surface area (Å²) >= 11 is 3.40. The third-order valence-corrected chi connectivity index (χ3v) is 6.05. The Labute approximate surface area is 187 Å². The number of benzene rings is 1. The molecule has 0 aliphatic heterocycles. The lowest BCUT2D eigenvalue weighted by molar-refractivity contribution is 0.514. The number of hydrogen-bond donors (Lipinski definition) is 2. The normalized spacial score (nSPS) is 14.1.